The van der Waals surface area contributed by atoms with Crippen molar-refractivity contribution >= 4 is 5.97 Å². The second-order valence-electron chi connectivity index (χ2n) is 6.01. The minimum atomic E-state index is -0.849. The van der Waals surface area contributed by atoms with Crippen LogP contribution >= 0.6 is 0 Å². The van der Waals surface area contributed by atoms with Gasteiger partial charge in [-0.1, -0.05) is 0 Å². The number of nitrogens with zero attached hydrogens (tertiary/aromatic N) is 1. The van der Waals surface area contributed by atoms with E-state index in [1.54, 1.807) is 6.92 Å². The fraction of sp³-hybridized carbons (Fsp3) is 0.923. The molecule has 1 aliphatic carbocycles. The van der Waals surface area contributed by atoms with Crippen molar-refractivity contribution in [1.29, 1.82) is 0 Å². The van der Waals surface area contributed by atoms with Crippen LogP contribution in [0.15, 0.2) is 0 Å². The lowest BCUT2D eigenvalue weighted by molar-refractivity contribution is -0.147. The molecule has 0 spiro atoms. The number of carboxylic acids is 1. The topological polar surface area (TPSA) is 61.8 Å². The molecule has 1 heterocycles. The highest BCUT2D eigenvalue weighted by atomic mass is 16.5. The van der Waals surface area contributed by atoms with E-state index < -0.39 is 11.5 Å². The summed E-state index contributed by atoms with van der Waals surface area (Å²) in [4.78, 5) is 13.7. The fourth-order valence-corrected chi connectivity index (χ4v) is 2.71. The van der Waals surface area contributed by atoms with Gasteiger partial charge in [-0.05, 0) is 33.6 Å². The highest BCUT2D eigenvalue weighted by Gasteiger charge is 2.40. The molecule has 0 aromatic heterocycles. The van der Waals surface area contributed by atoms with Gasteiger partial charge in [0, 0.05) is 25.7 Å². The number of hydrogen-bond acceptors (Lipinski definition) is 4. The first-order chi connectivity index (χ1) is 8.39. The molecule has 5 nitrogen and oxygen atoms in total. The van der Waals surface area contributed by atoms with Crippen molar-refractivity contribution in [2.75, 3.05) is 19.6 Å². The second kappa shape index (κ2) is 5.15. The zero-order valence-corrected chi connectivity index (χ0v) is 11.5. The van der Waals surface area contributed by atoms with Crippen molar-refractivity contribution in [1.82, 2.24) is 10.2 Å². The van der Waals surface area contributed by atoms with Gasteiger partial charge in [0.2, 0.25) is 0 Å². The fourth-order valence-electron chi connectivity index (χ4n) is 2.71. The lowest BCUT2D eigenvalue weighted by atomic mass is 10.0. The van der Waals surface area contributed by atoms with Crippen LogP contribution in [0.2, 0.25) is 0 Å². The Balaban J connectivity index is 1.96. The number of hydrogen-bond donors (Lipinski definition) is 2. The van der Waals surface area contributed by atoms with E-state index in [0.717, 1.165) is 25.9 Å². The number of morpholine rings is 1. The quantitative estimate of drug-likeness (QED) is 0.758. The van der Waals surface area contributed by atoms with E-state index in [9.17, 15) is 9.90 Å². The summed E-state index contributed by atoms with van der Waals surface area (Å²) < 4.78 is 5.68. The van der Waals surface area contributed by atoms with E-state index >= 15 is 0 Å². The molecule has 2 rings (SSSR count). The Labute approximate surface area is 108 Å². The third-order valence-electron chi connectivity index (χ3n) is 3.61. The van der Waals surface area contributed by atoms with E-state index in [4.69, 9.17) is 4.74 Å². The Bertz CT molecular complexity index is 309. The van der Waals surface area contributed by atoms with Gasteiger partial charge in [0.1, 0.15) is 5.54 Å². The molecular weight excluding hydrogens is 232 g/mol. The molecule has 5 heteroatoms. The SMILES string of the molecule is CC1CN(CC(C)(NC2CC2)C(=O)O)CC(C)O1. The molecule has 0 bridgehead atoms. The summed E-state index contributed by atoms with van der Waals surface area (Å²) in [6.45, 7) is 8.01. The van der Waals surface area contributed by atoms with Crippen molar-refractivity contribution in [2.45, 2.75) is 57.4 Å². The molecule has 0 aromatic carbocycles. The first kappa shape index (κ1) is 13.8. The summed E-state index contributed by atoms with van der Waals surface area (Å²) in [5.74, 6) is -0.763. The van der Waals surface area contributed by atoms with Gasteiger partial charge >= 0.3 is 5.97 Å². The average Bonchev–Trinajstić information content (AvgIpc) is 2.99. The normalized spacial score (nSPS) is 33.1. The van der Waals surface area contributed by atoms with Gasteiger partial charge in [-0.3, -0.25) is 15.0 Å². The largest absolute Gasteiger partial charge is 0.480 e. The molecule has 1 aliphatic heterocycles. The van der Waals surface area contributed by atoms with E-state index in [0.29, 0.717) is 12.6 Å². The zero-order valence-electron chi connectivity index (χ0n) is 11.5. The van der Waals surface area contributed by atoms with Crippen molar-refractivity contribution in [3.63, 3.8) is 0 Å². The summed E-state index contributed by atoms with van der Waals surface area (Å²) in [6, 6.07) is 0.391. The van der Waals surface area contributed by atoms with Crippen LogP contribution in [0.3, 0.4) is 0 Å². The zero-order chi connectivity index (χ0) is 13.3. The summed E-state index contributed by atoms with van der Waals surface area (Å²) in [5, 5.41) is 12.7. The summed E-state index contributed by atoms with van der Waals surface area (Å²) in [7, 11) is 0. The molecule has 3 atom stereocenters. The molecule has 1 saturated carbocycles. The third kappa shape index (κ3) is 3.43. The van der Waals surface area contributed by atoms with E-state index in [2.05, 4.69) is 10.2 Å². The van der Waals surface area contributed by atoms with E-state index in [1.165, 1.54) is 0 Å². The van der Waals surface area contributed by atoms with Crippen LogP contribution in [0.4, 0.5) is 0 Å². The standard InChI is InChI=1S/C13H24N2O3/c1-9-6-15(7-10(2)18-9)8-13(3,12(16)17)14-11-4-5-11/h9-11,14H,4-8H2,1-3H3,(H,16,17). The number of ether oxygens (including phenoxy) is 1. The van der Waals surface area contributed by atoms with Crippen molar-refractivity contribution in [2.24, 2.45) is 0 Å². The molecule has 18 heavy (non-hydrogen) atoms. The highest BCUT2D eigenvalue weighted by molar-refractivity contribution is 5.78. The Morgan fingerprint density at radius 1 is 1.39 bits per heavy atom. The minimum absolute atomic E-state index is 0.174. The molecule has 104 valence electrons. The number of rotatable bonds is 5. The third-order valence-corrected chi connectivity index (χ3v) is 3.61. The number of carboxylic acid groups (broad SMARTS) is 1. The van der Waals surface area contributed by atoms with Crippen LogP contribution in [0, 0.1) is 0 Å². The van der Waals surface area contributed by atoms with Crippen LogP contribution < -0.4 is 5.32 Å². The monoisotopic (exact) mass is 256 g/mol. The Kier molecular flexibility index (Phi) is 3.94. The van der Waals surface area contributed by atoms with E-state index in [-0.39, 0.29) is 12.2 Å². The molecule has 0 radical (unpaired) electrons. The van der Waals surface area contributed by atoms with Gasteiger partial charge in [0.05, 0.1) is 12.2 Å². The molecular formula is C13H24N2O3. The number of nitrogens with one attached hydrogen (secondary N) is 1. The van der Waals surface area contributed by atoms with Crippen LogP contribution in [0.5, 0.6) is 0 Å². The molecule has 2 fully saturated rings. The maximum absolute atomic E-state index is 11.5. The predicted octanol–water partition coefficient (Wildman–Crippen LogP) is 0.691. The lowest BCUT2D eigenvalue weighted by Gasteiger charge is -2.39. The Morgan fingerprint density at radius 3 is 2.39 bits per heavy atom. The number of aliphatic carboxylic acids is 1. The molecule has 3 unspecified atom stereocenters. The average molecular weight is 256 g/mol. The van der Waals surface area contributed by atoms with Gasteiger partial charge in [-0.2, -0.15) is 0 Å². The number of carbonyl (C=O) groups is 1. The molecule has 0 amide bonds. The van der Waals surface area contributed by atoms with Crippen LogP contribution in [-0.4, -0.2) is 59.4 Å². The lowest BCUT2D eigenvalue weighted by Crippen LogP contribution is -2.60. The summed E-state index contributed by atoms with van der Waals surface area (Å²) in [5.41, 5.74) is -0.849. The van der Waals surface area contributed by atoms with Crippen LogP contribution in [-0.2, 0) is 9.53 Å². The summed E-state index contributed by atoms with van der Waals surface area (Å²) >= 11 is 0. The minimum Gasteiger partial charge on any atom is -0.480 e. The van der Waals surface area contributed by atoms with Gasteiger partial charge in [0.15, 0.2) is 0 Å². The Morgan fingerprint density at radius 2 is 1.94 bits per heavy atom. The van der Waals surface area contributed by atoms with Crippen molar-refractivity contribution in [3.05, 3.63) is 0 Å². The first-order valence-corrected chi connectivity index (χ1v) is 6.78. The van der Waals surface area contributed by atoms with Gasteiger partial charge in [0.25, 0.3) is 0 Å². The molecule has 2 aliphatic rings. The highest BCUT2D eigenvalue weighted by Crippen LogP contribution is 2.24. The molecule has 2 N–H and O–H groups in total. The second-order valence-corrected chi connectivity index (χ2v) is 6.01. The molecule has 0 aromatic rings. The summed E-state index contributed by atoms with van der Waals surface area (Å²) in [6.07, 6.45) is 2.54. The van der Waals surface area contributed by atoms with Gasteiger partial charge < -0.3 is 9.84 Å². The maximum atomic E-state index is 11.5. The predicted molar refractivity (Wildman–Crippen MR) is 68.6 cm³/mol. The first-order valence-electron chi connectivity index (χ1n) is 6.78. The van der Waals surface area contributed by atoms with Crippen molar-refractivity contribution in [3.8, 4) is 0 Å². The van der Waals surface area contributed by atoms with Gasteiger partial charge in [-0.25, -0.2) is 0 Å². The van der Waals surface area contributed by atoms with Gasteiger partial charge in [-0.15, -0.1) is 0 Å². The van der Waals surface area contributed by atoms with E-state index in [1.807, 2.05) is 13.8 Å². The Hall–Kier alpha value is -0.650. The van der Waals surface area contributed by atoms with Crippen molar-refractivity contribution < 1.29 is 14.6 Å². The van der Waals surface area contributed by atoms with Crippen LogP contribution in [0.1, 0.15) is 33.6 Å². The smallest absolute Gasteiger partial charge is 0.324 e. The van der Waals surface area contributed by atoms with Crippen LogP contribution in [0.25, 0.3) is 0 Å². The molecule has 1 saturated heterocycles. The maximum Gasteiger partial charge on any atom is 0.324 e.